The van der Waals surface area contributed by atoms with Crippen LogP contribution in [0.1, 0.15) is 45.6 Å². The highest BCUT2D eigenvalue weighted by Crippen LogP contribution is 2.34. The molecule has 2 heteroatoms. The molecule has 1 saturated carbocycles. The first-order chi connectivity index (χ1) is 8.94. The average molecular weight is 263 g/mol. The van der Waals surface area contributed by atoms with Gasteiger partial charge in [-0.15, -0.1) is 0 Å². The molecule has 1 aromatic rings. The highest BCUT2D eigenvalue weighted by molar-refractivity contribution is 5.17. The highest BCUT2D eigenvalue weighted by atomic mass is 19.1. The summed E-state index contributed by atoms with van der Waals surface area (Å²) in [6.45, 7) is 7.72. The van der Waals surface area contributed by atoms with Gasteiger partial charge in [-0.3, -0.25) is 0 Å². The normalized spacial score (nSPS) is 23.8. The van der Waals surface area contributed by atoms with Crippen LogP contribution in [-0.4, -0.2) is 12.1 Å². The molecular weight excluding hydrogens is 237 g/mol. The monoisotopic (exact) mass is 263 g/mol. The molecule has 1 N–H and O–H groups in total. The van der Waals surface area contributed by atoms with Crippen molar-refractivity contribution in [3.63, 3.8) is 0 Å². The van der Waals surface area contributed by atoms with Gasteiger partial charge in [-0.05, 0) is 76.1 Å². The van der Waals surface area contributed by atoms with Gasteiger partial charge in [-0.2, -0.15) is 0 Å². The van der Waals surface area contributed by atoms with Gasteiger partial charge in [0, 0.05) is 5.54 Å². The number of hydrogen-bond acceptors (Lipinski definition) is 1. The topological polar surface area (TPSA) is 12.0 Å². The third-order valence-corrected chi connectivity index (χ3v) is 4.10. The van der Waals surface area contributed by atoms with E-state index in [1.165, 1.54) is 25.3 Å². The van der Waals surface area contributed by atoms with Crippen molar-refractivity contribution in [3.05, 3.63) is 35.6 Å². The highest BCUT2D eigenvalue weighted by Gasteiger charge is 2.28. The fourth-order valence-corrected chi connectivity index (χ4v) is 3.06. The molecule has 1 nitrogen and oxygen atoms in total. The summed E-state index contributed by atoms with van der Waals surface area (Å²) >= 11 is 0. The number of nitrogens with one attached hydrogen (secondary N) is 1. The second-order valence-electron chi connectivity index (χ2n) is 6.92. The number of benzene rings is 1. The fraction of sp³-hybridized carbons (Fsp3) is 0.647. The maximum Gasteiger partial charge on any atom is 0.123 e. The van der Waals surface area contributed by atoms with E-state index < -0.39 is 0 Å². The first-order valence-electron chi connectivity index (χ1n) is 7.43. The smallest absolute Gasteiger partial charge is 0.123 e. The first kappa shape index (κ1) is 14.5. The summed E-state index contributed by atoms with van der Waals surface area (Å²) < 4.78 is 13.2. The number of halogens is 1. The SMILES string of the molecule is CC(C)(C)NCC1CCCC1Cc1cccc(F)c1. The number of hydrogen-bond donors (Lipinski definition) is 1. The Labute approximate surface area is 116 Å². The Hall–Kier alpha value is -0.890. The summed E-state index contributed by atoms with van der Waals surface area (Å²) in [5, 5.41) is 3.62. The second kappa shape index (κ2) is 6.04. The molecule has 1 aliphatic rings. The van der Waals surface area contributed by atoms with Gasteiger partial charge < -0.3 is 5.32 Å². The van der Waals surface area contributed by atoms with Crippen LogP contribution in [0.15, 0.2) is 24.3 Å². The second-order valence-corrected chi connectivity index (χ2v) is 6.92. The molecule has 2 atom stereocenters. The lowest BCUT2D eigenvalue weighted by Crippen LogP contribution is -2.40. The van der Waals surface area contributed by atoms with Gasteiger partial charge in [0.2, 0.25) is 0 Å². The molecule has 0 aromatic heterocycles. The Balaban J connectivity index is 1.92. The molecule has 1 aromatic carbocycles. The van der Waals surface area contributed by atoms with Crippen LogP contribution < -0.4 is 5.32 Å². The summed E-state index contributed by atoms with van der Waals surface area (Å²) in [5.41, 5.74) is 1.33. The Morgan fingerprint density at radius 3 is 2.63 bits per heavy atom. The Morgan fingerprint density at radius 2 is 1.95 bits per heavy atom. The molecule has 1 aliphatic carbocycles. The summed E-state index contributed by atoms with van der Waals surface area (Å²) in [7, 11) is 0. The van der Waals surface area contributed by atoms with E-state index in [0.717, 1.165) is 24.4 Å². The minimum Gasteiger partial charge on any atom is -0.312 e. The third-order valence-electron chi connectivity index (χ3n) is 4.10. The van der Waals surface area contributed by atoms with Crippen LogP contribution in [0, 0.1) is 17.7 Å². The molecule has 0 bridgehead atoms. The van der Waals surface area contributed by atoms with Gasteiger partial charge in [0.1, 0.15) is 5.82 Å². The molecule has 0 saturated heterocycles. The zero-order valence-corrected chi connectivity index (χ0v) is 12.4. The van der Waals surface area contributed by atoms with Crippen LogP contribution in [0.4, 0.5) is 4.39 Å². The molecule has 2 rings (SSSR count). The Bertz CT molecular complexity index is 408. The maximum atomic E-state index is 13.2. The van der Waals surface area contributed by atoms with E-state index >= 15 is 0 Å². The zero-order valence-electron chi connectivity index (χ0n) is 12.4. The van der Waals surface area contributed by atoms with Crippen molar-refractivity contribution in [2.24, 2.45) is 11.8 Å². The van der Waals surface area contributed by atoms with E-state index in [9.17, 15) is 4.39 Å². The van der Waals surface area contributed by atoms with Crippen molar-refractivity contribution in [3.8, 4) is 0 Å². The van der Waals surface area contributed by atoms with Gasteiger partial charge in [-0.1, -0.05) is 18.6 Å². The quantitative estimate of drug-likeness (QED) is 0.859. The lowest BCUT2D eigenvalue weighted by molar-refractivity contribution is 0.317. The molecule has 0 spiro atoms. The van der Waals surface area contributed by atoms with E-state index in [1.807, 2.05) is 6.07 Å². The van der Waals surface area contributed by atoms with Crippen LogP contribution in [0.5, 0.6) is 0 Å². The summed E-state index contributed by atoms with van der Waals surface area (Å²) in [6, 6.07) is 7.08. The maximum absolute atomic E-state index is 13.2. The lowest BCUT2D eigenvalue weighted by Gasteiger charge is -2.26. The standard InChI is InChI=1S/C17H26FN/c1-17(2,3)19-12-15-8-5-7-14(15)10-13-6-4-9-16(18)11-13/h4,6,9,11,14-15,19H,5,7-8,10,12H2,1-3H3. The van der Waals surface area contributed by atoms with Gasteiger partial charge in [0.25, 0.3) is 0 Å². The van der Waals surface area contributed by atoms with Crippen LogP contribution >= 0.6 is 0 Å². The lowest BCUT2D eigenvalue weighted by atomic mass is 9.89. The molecule has 0 aliphatic heterocycles. The molecular formula is C17H26FN. The van der Waals surface area contributed by atoms with Crippen LogP contribution in [0.3, 0.4) is 0 Å². The molecule has 2 unspecified atom stereocenters. The van der Waals surface area contributed by atoms with E-state index in [4.69, 9.17) is 0 Å². The van der Waals surface area contributed by atoms with Crippen LogP contribution in [0.25, 0.3) is 0 Å². The van der Waals surface area contributed by atoms with Crippen molar-refractivity contribution in [1.82, 2.24) is 5.32 Å². The minimum atomic E-state index is -0.111. The van der Waals surface area contributed by atoms with E-state index in [-0.39, 0.29) is 11.4 Å². The first-order valence-corrected chi connectivity index (χ1v) is 7.43. The number of rotatable bonds is 4. The largest absolute Gasteiger partial charge is 0.312 e. The molecule has 0 amide bonds. The van der Waals surface area contributed by atoms with E-state index in [2.05, 4.69) is 32.2 Å². The molecule has 19 heavy (non-hydrogen) atoms. The van der Waals surface area contributed by atoms with Gasteiger partial charge in [0.15, 0.2) is 0 Å². The summed E-state index contributed by atoms with van der Waals surface area (Å²) in [6.07, 6.45) is 4.93. The predicted octanol–water partition coefficient (Wildman–Crippen LogP) is 4.17. The predicted molar refractivity (Wildman–Crippen MR) is 78.7 cm³/mol. The van der Waals surface area contributed by atoms with Crippen molar-refractivity contribution in [2.45, 2.75) is 52.0 Å². The van der Waals surface area contributed by atoms with E-state index in [0.29, 0.717) is 5.92 Å². The minimum absolute atomic E-state index is 0.111. The molecule has 0 radical (unpaired) electrons. The van der Waals surface area contributed by atoms with Crippen LogP contribution in [0.2, 0.25) is 0 Å². The van der Waals surface area contributed by atoms with E-state index in [1.54, 1.807) is 6.07 Å². The van der Waals surface area contributed by atoms with Crippen LogP contribution in [-0.2, 0) is 6.42 Å². The van der Waals surface area contributed by atoms with Crippen molar-refractivity contribution in [2.75, 3.05) is 6.54 Å². The fourth-order valence-electron chi connectivity index (χ4n) is 3.06. The zero-order chi connectivity index (χ0) is 13.9. The van der Waals surface area contributed by atoms with Gasteiger partial charge in [0.05, 0.1) is 0 Å². The summed E-state index contributed by atoms with van der Waals surface area (Å²) in [5.74, 6) is 1.33. The molecule has 0 heterocycles. The van der Waals surface area contributed by atoms with Crippen molar-refractivity contribution < 1.29 is 4.39 Å². The van der Waals surface area contributed by atoms with Gasteiger partial charge in [-0.25, -0.2) is 4.39 Å². The Morgan fingerprint density at radius 1 is 1.21 bits per heavy atom. The van der Waals surface area contributed by atoms with Crippen molar-refractivity contribution >= 4 is 0 Å². The molecule has 106 valence electrons. The molecule has 1 fully saturated rings. The summed E-state index contributed by atoms with van der Waals surface area (Å²) in [4.78, 5) is 0. The van der Waals surface area contributed by atoms with Crippen molar-refractivity contribution in [1.29, 1.82) is 0 Å². The average Bonchev–Trinajstić information content (AvgIpc) is 2.73. The third kappa shape index (κ3) is 4.61. The van der Waals surface area contributed by atoms with Gasteiger partial charge >= 0.3 is 0 Å². The Kier molecular flexibility index (Phi) is 4.62.